The number of rotatable bonds is 8. The van der Waals surface area contributed by atoms with Crippen molar-refractivity contribution in [3.05, 3.63) is 60.8 Å². The molecule has 134 valence electrons. The molecule has 0 fully saturated rings. The lowest BCUT2D eigenvalue weighted by Crippen LogP contribution is -2.08. The van der Waals surface area contributed by atoms with Gasteiger partial charge in [0.1, 0.15) is 11.5 Å². The van der Waals surface area contributed by atoms with Gasteiger partial charge in [-0.25, -0.2) is 0 Å². The lowest BCUT2D eigenvalue weighted by Gasteiger charge is -2.09. The summed E-state index contributed by atoms with van der Waals surface area (Å²) in [6.45, 7) is 5.25. The Labute approximate surface area is 153 Å². The molecule has 0 atom stereocenters. The molecule has 6 nitrogen and oxygen atoms in total. The highest BCUT2D eigenvalue weighted by atomic mass is 16.5. The van der Waals surface area contributed by atoms with Gasteiger partial charge in [0.2, 0.25) is 5.95 Å². The number of benzene rings is 2. The second kappa shape index (κ2) is 8.80. The minimum Gasteiger partial charge on any atom is -0.457 e. The molecular formula is C20H23N5O. The Morgan fingerprint density at radius 2 is 1.69 bits per heavy atom. The van der Waals surface area contributed by atoms with Crippen LogP contribution in [0.4, 0.5) is 17.5 Å². The minimum absolute atomic E-state index is 0.455. The molecule has 0 saturated heterocycles. The van der Waals surface area contributed by atoms with Gasteiger partial charge in [-0.15, -0.1) is 5.10 Å². The van der Waals surface area contributed by atoms with Crippen LogP contribution in [0.15, 0.2) is 60.8 Å². The molecule has 0 amide bonds. The number of nitrogens with one attached hydrogen (secondary N) is 2. The molecule has 2 N–H and O–H groups in total. The van der Waals surface area contributed by atoms with Crippen molar-refractivity contribution >= 4 is 17.5 Å². The zero-order chi connectivity index (χ0) is 18.2. The molecule has 0 spiro atoms. The first-order valence-electron chi connectivity index (χ1n) is 8.72. The van der Waals surface area contributed by atoms with Crippen molar-refractivity contribution < 1.29 is 4.74 Å². The first kappa shape index (κ1) is 17.7. The summed E-state index contributed by atoms with van der Waals surface area (Å²) in [6.07, 6.45) is 2.71. The summed E-state index contributed by atoms with van der Waals surface area (Å²) in [7, 11) is 0. The Balaban J connectivity index is 1.58. The predicted molar refractivity (Wildman–Crippen MR) is 104 cm³/mol. The van der Waals surface area contributed by atoms with E-state index in [1.54, 1.807) is 6.20 Å². The van der Waals surface area contributed by atoms with Crippen LogP contribution in [-0.4, -0.2) is 21.7 Å². The third-order valence-corrected chi connectivity index (χ3v) is 3.68. The van der Waals surface area contributed by atoms with Gasteiger partial charge in [-0.2, -0.15) is 10.1 Å². The highest BCUT2D eigenvalue weighted by molar-refractivity contribution is 5.55. The van der Waals surface area contributed by atoms with E-state index in [0.717, 1.165) is 30.2 Å². The maximum atomic E-state index is 5.78. The van der Waals surface area contributed by atoms with Crippen LogP contribution < -0.4 is 15.4 Å². The van der Waals surface area contributed by atoms with Crippen LogP contribution in [0, 0.1) is 5.92 Å². The summed E-state index contributed by atoms with van der Waals surface area (Å²) < 4.78 is 5.78. The van der Waals surface area contributed by atoms with Crippen LogP contribution in [0.1, 0.15) is 20.3 Å². The Kier molecular flexibility index (Phi) is 5.98. The first-order valence-corrected chi connectivity index (χ1v) is 8.72. The number of hydrogen-bond acceptors (Lipinski definition) is 6. The molecular weight excluding hydrogens is 326 g/mol. The van der Waals surface area contributed by atoms with E-state index >= 15 is 0 Å². The van der Waals surface area contributed by atoms with Crippen LogP contribution in [0.5, 0.6) is 11.5 Å². The van der Waals surface area contributed by atoms with Crippen LogP contribution in [-0.2, 0) is 0 Å². The number of aromatic nitrogens is 3. The van der Waals surface area contributed by atoms with E-state index in [2.05, 4.69) is 39.7 Å². The van der Waals surface area contributed by atoms with Gasteiger partial charge < -0.3 is 15.4 Å². The molecule has 1 heterocycles. The summed E-state index contributed by atoms with van der Waals surface area (Å²) in [5.41, 5.74) is 0.867. The molecule has 0 bridgehead atoms. The Hall–Kier alpha value is -3.15. The molecule has 3 rings (SSSR count). The lowest BCUT2D eigenvalue weighted by atomic mass is 10.1. The Morgan fingerprint density at radius 3 is 2.42 bits per heavy atom. The van der Waals surface area contributed by atoms with Gasteiger partial charge in [-0.3, -0.25) is 0 Å². The monoisotopic (exact) mass is 349 g/mol. The highest BCUT2D eigenvalue weighted by Gasteiger charge is 2.03. The number of anilines is 3. The fourth-order valence-corrected chi connectivity index (χ4v) is 2.29. The SMILES string of the molecule is CC(C)CCNc1cnnc(Nc2ccc(Oc3ccccc3)cc2)n1. The molecule has 0 aliphatic heterocycles. The quantitative estimate of drug-likeness (QED) is 0.605. The van der Waals surface area contributed by atoms with Gasteiger partial charge in [-0.05, 0) is 48.7 Å². The van der Waals surface area contributed by atoms with E-state index < -0.39 is 0 Å². The summed E-state index contributed by atoms with van der Waals surface area (Å²) in [6, 6.07) is 17.3. The number of nitrogens with zero attached hydrogens (tertiary/aromatic N) is 3. The van der Waals surface area contributed by atoms with Crippen molar-refractivity contribution in [3.8, 4) is 11.5 Å². The number of para-hydroxylation sites is 1. The van der Waals surface area contributed by atoms with E-state index in [4.69, 9.17) is 4.74 Å². The first-order chi connectivity index (χ1) is 12.7. The maximum Gasteiger partial charge on any atom is 0.249 e. The molecule has 0 saturated carbocycles. The van der Waals surface area contributed by atoms with E-state index in [9.17, 15) is 0 Å². The average Bonchev–Trinajstić information content (AvgIpc) is 2.64. The standard InChI is InChI=1S/C20H23N5O/c1-15(2)12-13-21-19-14-22-25-20(24-19)23-16-8-10-18(11-9-16)26-17-6-4-3-5-7-17/h3-11,14-15H,12-13H2,1-2H3,(H2,21,23,24,25). The lowest BCUT2D eigenvalue weighted by molar-refractivity contribution is 0.483. The average molecular weight is 349 g/mol. The normalized spacial score (nSPS) is 10.6. The summed E-state index contributed by atoms with van der Waals surface area (Å²) in [4.78, 5) is 4.43. The van der Waals surface area contributed by atoms with E-state index in [-0.39, 0.29) is 0 Å². The molecule has 6 heteroatoms. The summed E-state index contributed by atoms with van der Waals surface area (Å²) in [5.74, 6) is 3.39. The van der Waals surface area contributed by atoms with Crippen molar-refractivity contribution in [1.29, 1.82) is 0 Å². The predicted octanol–water partition coefficient (Wildman–Crippen LogP) is 4.87. The zero-order valence-corrected chi connectivity index (χ0v) is 15.0. The largest absolute Gasteiger partial charge is 0.457 e. The van der Waals surface area contributed by atoms with Crippen LogP contribution in [0.25, 0.3) is 0 Å². The van der Waals surface area contributed by atoms with Crippen molar-refractivity contribution in [2.75, 3.05) is 17.2 Å². The fourth-order valence-electron chi connectivity index (χ4n) is 2.29. The van der Waals surface area contributed by atoms with Crippen LogP contribution >= 0.6 is 0 Å². The molecule has 3 aromatic rings. The van der Waals surface area contributed by atoms with Crippen molar-refractivity contribution in [2.24, 2.45) is 5.92 Å². The van der Waals surface area contributed by atoms with Crippen molar-refractivity contribution in [3.63, 3.8) is 0 Å². The molecule has 0 aliphatic rings. The van der Waals surface area contributed by atoms with Gasteiger partial charge in [0.05, 0.1) is 6.20 Å². The molecule has 0 unspecified atom stereocenters. The fraction of sp³-hybridized carbons (Fsp3) is 0.250. The number of hydrogen-bond donors (Lipinski definition) is 2. The van der Waals surface area contributed by atoms with E-state index in [0.29, 0.717) is 17.7 Å². The molecule has 2 aromatic carbocycles. The van der Waals surface area contributed by atoms with Crippen LogP contribution in [0.2, 0.25) is 0 Å². The van der Waals surface area contributed by atoms with Gasteiger partial charge in [-0.1, -0.05) is 32.0 Å². The Morgan fingerprint density at radius 1 is 0.962 bits per heavy atom. The van der Waals surface area contributed by atoms with Gasteiger partial charge in [0.25, 0.3) is 0 Å². The zero-order valence-electron chi connectivity index (χ0n) is 15.0. The highest BCUT2D eigenvalue weighted by Crippen LogP contribution is 2.23. The Bertz CT molecular complexity index is 806. The van der Waals surface area contributed by atoms with Gasteiger partial charge in [0, 0.05) is 12.2 Å². The van der Waals surface area contributed by atoms with Crippen molar-refractivity contribution in [2.45, 2.75) is 20.3 Å². The van der Waals surface area contributed by atoms with E-state index in [1.165, 1.54) is 0 Å². The topological polar surface area (TPSA) is 72.0 Å². The van der Waals surface area contributed by atoms with Crippen molar-refractivity contribution in [1.82, 2.24) is 15.2 Å². The second-order valence-electron chi connectivity index (χ2n) is 6.34. The minimum atomic E-state index is 0.455. The molecule has 1 aromatic heterocycles. The summed E-state index contributed by atoms with van der Waals surface area (Å²) in [5, 5.41) is 14.4. The number of ether oxygens (including phenoxy) is 1. The van der Waals surface area contributed by atoms with E-state index in [1.807, 2.05) is 54.6 Å². The second-order valence-corrected chi connectivity index (χ2v) is 6.34. The van der Waals surface area contributed by atoms with Gasteiger partial charge >= 0.3 is 0 Å². The molecule has 0 aliphatic carbocycles. The molecule has 0 radical (unpaired) electrons. The van der Waals surface area contributed by atoms with Crippen LogP contribution in [0.3, 0.4) is 0 Å². The maximum absolute atomic E-state index is 5.78. The molecule has 26 heavy (non-hydrogen) atoms. The third-order valence-electron chi connectivity index (χ3n) is 3.68. The van der Waals surface area contributed by atoms with Gasteiger partial charge in [0.15, 0.2) is 5.82 Å². The smallest absolute Gasteiger partial charge is 0.249 e. The third kappa shape index (κ3) is 5.44. The summed E-state index contributed by atoms with van der Waals surface area (Å²) >= 11 is 0.